The molecular formula is C44H49N3. The van der Waals surface area contributed by atoms with Gasteiger partial charge in [0.05, 0.1) is 11.2 Å². The first-order valence-corrected chi connectivity index (χ1v) is 16.7. The van der Waals surface area contributed by atoms with E-state index in [1.54, 1.807) is 0 Å². The van der Waals surface area contributed by atoms with Crippen LogP contribution in [0.5, 0.6) is 0 Å². The lowest BCUT2D eigenvalue weighted by Gasteiger charge is -2.29. The predicted molar refractivity (Wildman–Crippen MR) is 204 cm³/mol. The zero-order valence-electron chi connectivity index (χ0n) is 29.5. The van der Waals surface area contributed by atoms with E-state index >= 15 is 0 Å². The number of aromatic nitrogens is 1. The quantitative estimate of drug-likeness (QED) is 0.195. The van der Waals surface area contributed by atoms with Crippen molar-refractivity contribution in [1.82, 2.24) is 4.57 Å². The highest BCUT2D eigenvalue weighted by Crippen LogP contribution is 2.44. The Labute approximate surface area is 281 Å². The molecule has 1 heterocycles. The van der Waals surface area contributed by atoms with Gasteiger partial charge in [0.2, 0.25) is 0 Å². The SMILES string of the molecule is CC(C)(C)c1ccc(N(c2cccc(N)c2)c2cc3cc(C(C)(C)C)ccc3n2-c2ccc(C(C)(C)C)cc2-c2ccccc2)cc1. The van der Waals surface area contributed by atoms with Crippen molar-refractivity contribution in [3.8, 4) is 16.8 Å². The van der Waals surface area contributed by atoms with Gasteiger partial charge in [0.1, 0.15) is 5.82 Å². The Kier molecular flexibility index (Phi) is 8.08. The van der Waals surface area contributed by atoms with Crippen molar-refractivity contribution in [2.75, 3.05) is 10.6 Å². The van der Waals surface area contributed by atoms with Gasteiger partial charge in [-0.25, -0.2) is 0 Å². The van der Waals surface area contributed by atoms with Gasteiger partial charge >= 0.3 is 0 Å². The second-order valence-electron chi connectivity index (χ2n) is 15.9. The van der Waals surface area contributed by atoms with E-state index in [1.807, 2.05) is 12.1 Å². The van der Waals surface area contributed by atoms with Crippen molar-refractivity contribution in [2.24, 2.45) is 0 Å². The van der Waals surface area contributed by atoms with Gasteiger partial charge in [-0.1, -0.05) is 123 Å². The lowest BCUT2D eigenvalue weighted by Crippen LogP contribution is -2.16. The highest BCUT2D eigenvalue weighted by molar-refractivity contribution is 5.94. The van der Waals surface area contributed by atoms with Crippen LogP contribution in [-0.4, -0.2) is 4.57 Å². The highest BCUT2D eigenvalue weighted by atomic mass is 15.3. The number of rotatable bonds is 5. The van der Waals surface area contributed by atoms with Gasteiger partial charge in [-0.15, -0.1) is 0 Å². The summed E-state index contributed by atoms with van der Waals surface area (Å²) in [5.41, 5.74) is 18.0. The predicted octanol–water partition coefficient (Wildman–Crippen LogP) is 12.2. The molecule has 240 valence electrons. The molecule has 0 aliphatic rings. The minimum absolute atomic E-state index is 0.00760. The summed E-state index contributed by atoms with van der Waals surface area (Å²) >= 11 is 0. The van der Waals surface area contributed by atoms with E-state index in [0.717, 1.165) is 34.1 Å². The Morgan fingerprint density at radius 1 is 0.511 bits per heavy atom. The molecule has 0 saturated carbocycles. The third-order valence-electron chi connectivity index (χ3n) is 9.19. The minimum Gasteiger partial charge on any atom is -0.399 e. The molecule has 0 unspecified atom stereocenters. The number of hydrogen-bond donors (Lipinski definition) is 1. The van der Waals surface area contributed by atoms with Crippen molar-refractivity contribution in [3.05, 3.63) is 138 Å². The van der Waals surface area contributed by atoms with Crippen molar-refractivity contribution in [2.45, 2.75) is 78.6 Å². The lowest BCUT2D eigenvalue weighted by atomic mass is 9.85. The zero-order valence-corrected chi connectivity index (χ0v) is 29.5. The van der Waals surface area contributed by atoms with Crippen LogP contribution in [0.15, 0.2) is 121 Å². The van der Waals surface area contributed by atoms with Crippen molar-refractivity contribution < 1.29 is 0 Å². The maximum atomic E-state index is 6.45. The highest BCUT2D eigenvalue weighted by Gasteiger charge is 2.25. The fraction of sp³-hybridized carbons (Fsp3) is 0.273. The molecule has 6 rings (SSSR count). The first-order valence-electron chi connectivity index (χ1n) is 16.7. The standard InChI is InChI=1S/C44H49N3/c1-42(2,3)32-18-22-36(23-19-32)46(37-17-13-16-35(45)29-37)41-27-31-26-33(43(4,5)6)20-24-39(31)47(41)40-25-21-34(44(7,8)9)28-38(40)30-14-11-10-12-15-30/h10-29H,45H2,1-9H3. The number of nitrogens with zero attached hydrogens (tertiary/aromatic N) is 2. The maximum absolute atomic E-state index is 6.45. The summed E-state index contributed by atoms with van der Waals surface area (Å²) in [5, 5.41) is 1.20. The minimum atomic E-state index is 0.00760. The van der Waals surface area contributed by atoms with E-state index in [-0.39, 0.29) is 16.2 Å². The zero-order chi connectivity index (χ0) is 33.7. The molecule has 0 saturated heterocycles. The number of nitrogens with two attached hydrogens (primary N) is 1. The number of benzene rings is 5. The average molecular weight is 620 g/mol. The summed E-state index contributed by atoms with van der Waals surface area (Å²) in [6.45, 7) is 20.5. The summed E-state index contributed by atoms with van der Waals surface area (Å²) in [4.78, 5) is 2.35. The summed E-state index contributed by atoms with van der Waals surface area (Å²) < 4.78 is 2.44. The Bertz CT molecular complexity index is 2030. The van der Waals surface area contributed by atoms with Crippen molar-refractivity contribution in [1.29, 1.82) is 0 Å². The third kappa shape index (κ3) is 6.45. The largest absolute Gasteiger partial charge is 0.399 e. The van der Waals surface area contributed by atoms with Gasteiger partial charge in [-0.2, -0.15) is 0 Å². The summed E-state index contributed by atoms with van der Waals surface area (Å²) in [6.07, 6.45) is 0. The molecule has 47 heavy (non-hydrogen) atoms. The van der Waals surface area contributed by atoms with Gasteiger partial charge in [-0.3, -0.25) is 9.47 Å². The molecule has 5 aromatic carbocycles. The maximum Gasteiger partial charge on any atom is 0.123 e. The molecule has 0 radical (unpaired) electrons. The fourth-order valence-electron chi connectivity index (χ4n) is 6.32. The molecule has 0 atom stereocenters. The van der Waals surface area contributed by atoms with Gasteiger partial charge in [-0.05, 0) is 99.2 Å². The van der Waals surface area contributed by atoms with Gasteiger partial charge in [0.15, 0.2) is 0 Å². The Morgan fingerprint density at radius 2 is 1.11 bits per heavy atom. The molecule has 1 aromatic heterocycles. The van der Waals surface area contributed by atoms with Crippen LogP contribution < -0.4 is 10.6 Å². The number of hydrogen-bond acceptors (Lipinski definition) is 2. The molecule has 3 heteroatoms. The van der Waals surface area contributed by atoms with Crippen LogP contribution in [-0.2, 0) is 16.2 Å². The van der Waals surface area contributed by atoms with Crippen molar-refractivity contribution in [3.63, 3.8) is 0 Å². The smallest absolute Gasteiger partial charge is 0.123 e. The number of fused-ring (bicyclic) bond motifs is 1. The van der Waals surface area contributed by atoms with Crippen LogP contribution in [0, 0.1) is 0 Å². The molecule has 6 aromatic rings. The molecule has 0 aliphatic carbocycles. The third-order valence-corrected chi connectivity index (χ3v) is 9.19. The summed E-state index contributed by atoms with van der Waals surface area (Å²) in [5.74, 6) is 1.06. The summed E-state index contributed by atoms with van der Waals surface area (Å²) in [7, 11) is 0. The van der Waals surface area contributed by atoms with Crippen LogP contribution >= 0.6 is 0 Å². The average Bonchev–Trinajstić information content (AvgIpc) is 3.38. The second-order valence-corrected chi connectivity index (χ2v) is 15.9. The fourth-order valence-corrected chi connectivity index (χ4v) is 6.32. The Balaban J connectivity index is 1.71. The van der Waals surface area contributed by atoms with Gasteiger partial charge < -0.3 is 5.73 Å². The number of anilines is 4. The Morgan fingerprint density at radius 3 is 1.72 bits per heavy atom. The molecule has 0 aliphatic heterocycles. The number of nitrogen functional groups attached to an aromatic ring is 1. The first-order chi connectivity index (χ1) is 22.1. The lowest BCUT2D eigenvalue weighted by molar-refractivity contribution is 0.590. The van der Waals surface area contributed by atoms with E-state index in [2.05, 4.69) is 181 Å². The molecule has 3 nitrogen and oxygen atoms in total. The summed E-state index contributed by atoms with van der Waals surface area (Å²) in [6, 6.07) is 44.3. The van der Waals surface area contributed by atoms with Crippen molar-refractivity contribution >= 4 is 33.8 Å². The molecule has 0 bridgehead atoms. The van der Waals surface area contributed by atoms with E-state index in [0.29, 0.717) is 0 Å². The van der Waals surface area contributed by atoms with Crippen LogP contribution in [0.25, 0.3) is 27.7 Å². The first kappa shape index (κ1) is 32.2. The monoisotopic (exact) mass is 619 g/mol. The molecule has 0 amide bonds. The molecule has 0 spiro atoms. The van der Waals surface area contributed by atoms with Crippen LogP contribution in [0.3, 0.4) is 0 Å². The Hall–Kier alpha value is -4.76. The van der Waals surface area contributed by atoms with Gasteiger partial charge in [0.25, 0.3) is 0 Å². The van der Waals surface area contributed by atoms with E-state index in [4.69, 9.17) is 5.73 Å². The van der Waals surface area contributed by atoms with E-state index in [1.165, 1.54) is 33.2 Å². The second kappa shape index (κ2) is 11.8. The van der Waals surface area contributed by atoms with Crippen LogP contribution in [0.2, 0.25) is 0 Å². The van der Waals surface area contributed by atoms with E-state index in [9.17, 15) is 0 Å². The van der Waals surface area contributed by atoms with Gasteiger partial charge in [0, 0.05) is 28.0 Å². The molecular weight excluding hydrogens is 571 g/mol. The van der Waals surface area contributed by atoms with E-state index < -0.39 is 0 Å². The normalized spacial score (nSPS) is 12.4. The van der Waals surface area contributed by atoms with Crippen LogP contribution in [0.1, 0.15) is 79.0 Å². The molecule has 0 fully saturated rings. The topological polar surface area (TPSA) is 34.2 Å². The molecule has 2 N–H and O–H groups in total. The van der Waals surface area contributed by atoms with Crippen LogP contribution in [0.4, 0.5) is 22.9 Å².